The fourth-order valence-electron chi connectivity index (χ4n) is 0.286. The molecule has 0 unspecified atom stereocenters. The Morgan fingerprint density at radius 2 is 2.00 bits per heavy atom. The molecular weight excluding hydrogens is 124 g/mol. The minimum absolute atomic E-state index is 0.0370. The summed E-state index contributed by atoms with van der Waals surface area (Å²) in [7, 11) is 0. The molecule has 10 heavy (non-hydrogen) atoms. The van der Waals surface area contributed by atoms with Crippen molar-refractivity contribution >= 4 is 12.6 Å². The van der Waals surface area contributed by atoms with Gasteiger partial charge < -0.3 is 0 Å². The van der Waals surface area contributed by atoms with Crippen LogP contribution in [0.2, 0.25) is 0 Å². The van der Waals surface area contributed by atoms with Crippen LogP contribution in [0, 0.1) is 22.7 Å². The van der Waals surface area contributed by atoms with E-state index in [9.17, 15) is 0 Å². The Kier molecular flexibility index (Phi) is 2.82. The highest BCUT2D eigenvalue weighted by Gasteiger charge is 2.03. The second-order valence-corrected chi connectivity index (χ2v) is 3.01. The number of hydrogen-bond donors (Lipinski definition) is 1. The fourth-order valence-corrected chi connectivity index (χ4v) is 0.286. The van der Waals surface area contributed by atoms with Crippen LogP contribution in [0.25, 0.3) is 0 Å². The zero-order valence-electron chi connectivity index (χ0n) is 6.65. The number of hydrogen-bond acceptors (Lipinski definition) is 1. The summed E-state index contributed by atoms with van der Waals surface area (Å²) in [5, 5.41) is 7.01. The Hall–Kier alpha value is -1.10. The number of aliphatic imine (C=N–C) groups is 1. The molecule has 0 bridgehead atoms. The lowest BCUT2D eigenvalue weighted by molar-refractivity contribution is 0.571. The van der Waals surface area contributed by atoms with Crippen LogP contribution in [-0.2, 0) is 0 Å². The maximum atomic E-state index is 7.01. The molecule has 0 aliphatic carbocycles. The van der Waals surface area contributed by atoms with Gasteiger partial charge in [-0.1, -0.05) is 5.92 Å². The Labute approximate surface area is 61.9 Å². The standard InChI is InChI=1S/C8H12N2/c1-8(2,3)6-5-7(9)10-4/h9H,4H2,1-3H3. The molecule has 0 spiro atoms. The van der Waals surface area contributed by atoms with E-state index < -0.39 is 0 Å². The molecule has 0 heterocycles. The first-order chi connectivity index (χ1) is 4.45. The minimum atomic E-state index is -0.0585. The molecule has 0 rings (SSSR count). The molecule has 0 saturated carbocycles. The van der Waals surface area contributed by atoms with Crippen molar-refractivity contribution in [3.05, 3.63) is 0 Å². The maximum Gasteiger partial charge on any atom is 0.196 e. The lowest BCUT2D eigenvalue weighted by atomic mass is 9.98. The summed E-state index contributed by atoms with van der Waals surface area (Å²) in [4.78, 5) is 3.35. The van der Waals surface area contributed by atoms with E-state index in [1.54, 1.807) is 0 Å². The molecule has 0 fully saturated rings. The van der Waals surface area contributed by atoms with Crippen LogP contribution in [0.5, 0.6) is 0 Å². The third-order valence-corrected chi connectivity index (χ3v) is 0.714. The minimum Gasteiger partial charge on any atom is -0.275 e. The van der Waals surface area contributed by atoms with E-state index >= 15 is 0 Å². The molecule has 2 nitrogen and oxygen atoms in total. The Morgan fingerprint density at radius 3 is 2.30 bits per heavy atom. The molecule has 0 saturated heterocycles. The molecule has 0 amide bonds. The van der Waals surface area contributed by atoms with Crippen molar-refractivity contribution < 1.29 is 0 Å². The highest BCUT2D eigenvalue weighted by molar-refractivity contribution is 5.98. The van der Waals surface area contributed by atoms with Gasteiger partial charge in [-0.15, -0.1) is 0 Å². The van der Waals surface area contributed by atoms with E-state index in [1.807, 2.05) is 20.8 Å². The van der Waals surface area contributed by atoms with Crippen LogP contribution in [0.3, 0.4) is 0 Å². The van der Waals surface area contributed by atoms with E-state index in [0.717, 1.165) is 0 Å². The first-order valence-electron chi connectivity index (χ1n) is 3.04. The highest BCUT2D eigenvalue weighted by Crippen LogP contribution is 2.09. The Bertz CT molecular complexity index is 198. The number of rotatable bonds is 0. The zero-order chi connectivity index (χ0) is 8.20. The second kappa shape index (κ2) is 3.17. The molecule has 0 aliphatic rings. The van der Waals surface area contributed by atoms with Gasteiger partial charge in [0.25, 0.3) is 0 Å². The zero-order valence-corrected chi connectivity index (χ0v) is 6.65. The SMILES string of the molecule is C=NC(=N)C#CC(C)(C)C. The van der Waals surface area contributed by atoms with E-state index in [4.69, 9.17) is 5.41 Å². The first-order valence-corrected chi connectivity index (χ1v) is 3.04. The monoisotopic (exact) mass is 136 g/mol. The van der Waals surface area contributed by atoms with E-state index in [0.29, 0.717) is 0 Å². The van der Waals surface area contributed by atoms with Gasteiger partial charge in [-0.2, -0.15) is 0 Å². The lowest BCUT2D eigenvalue weighted by Crippen LogP contribution is -2.00. The van der Waals surface area contributed by atoms with Crippen molar-refractivity contribution in [2.45, 2.75) is 20.8 Å². The Balaban J connectivity index is 4.18. The average Bonchev–Trinajstić information content (AvgIpc) is 1.81. The lowest BCUT2D eigenvalue weighted by Gasteiger charge is -2.06. The van der Waals surface area contributed by atoms with Crippen molar-refractivity contribution in [3.8, 4) is 11.8 Å². The fraction of sp³-hybridized carbons (Fsp3) is 0.500. The molecule has 0 radical (unpaired) electrons. The van der Waals surface area contributed by atoms with Crippen LogP contribution >= 0.6 is 0 Å². The molecule has 0 aliphatic heterocycles. The molecule has 0 atom stereocenters. The summed E-state index contributed by atoms with van der Waals surface area (Å²) in [6, 6.07) is 0. The van der Waals surface area contributed by atoms with Gasteiger partial charge in [0.2, 0.25) is 0 Å². The van der Waals surface area contributed by atoms with Gasteiger partial charge in [0, 0.05) is 5.41 Å². The van der Waals surface area contributed by atoms with Gasteiger partial charge in [-0.25, -0.2) is 4.99 Å². The van der Waals surface area contributed by atoms with Gasteiger partial charge in [-0.3, -0.25) is 5.41 Å². The summed E-state index contributed by atoms with van der Waals surface area (Å²) in [5.74, 6) is 5.48. The molecular formula is C8H12N2. The van der Waals surface area contributed by atoms with Crippen molar-refractivity contribution in [2.24, 2.45) is 10.4 Å². The predicted octanol–water partition coefficient (Wildman–Crippen LogP) is 1.71. The van der Waals surface area contributed by atoms with E-state index in [-0.39, 0.29) is 11.3 Å². The summed E-state index contributed by atoms with van der Waals surface area (Å²) >= 11 is 0. The van der Waals surface area contributed by atoms with Crippen molar-refractivity contribution in [2.75, 3.05) is 0 Å². The number of nitrogens with one attached hydrogen (secondary N) is 1. The number of amidine groups is 1. The van der Waals surface area contributed by atoms with Gasteiger partial charge in [0.15, 0.2) is 5.84 Å². The van der Waals surface area contributed by atoms with Crippen LogP contribution in [0.1, 0.15) is 20.8 Å². The normalized spacial score (nSPS) is 9.50. The smallest absolute Gasteiger partial charge is 0.196 e. The van der Waals surface area contributed by atoms with Gasteiger partial charge in [0.05, 0.1) is 0 Å². The maximum absolute atomic E-state index is 7.01. The number of nitrogens with zero attached hydrogens (tertiary/aromatic N) is 1. The van der Waals surface area contributed by atoms with Crippen LogP contribution in [0.4, 0.5) is 0 Å². The van der Waals surface area contributed by atoms with Crippen molar-refractivity contribution in [1.82, 2.24) is 0 Å². The van der Waals surface area contributed by atoms with Gasteiger partial charge in [0.1, 0.15) is 0 Å². The average molecular weight is 136 g/mol. The van der Waals surface area contributed by atoms with E-state index in [2.05, 4.69) is 23.6 Å². The molecule has 54 valence electrons. The molecule has 2 heteroatoms. The third-order valence-electron chi connectivity index (χ3n) is 0.714. The van der Waals surface area contributed by atoms with Crippen LogP contribution in [-0.4, -0.2) is 12.6 Å². The molecule has 1 N–H and O–H groups in total. The third kappa shape index (κ3) is 5.04. The quantitative estimate of drug-likeness (QED) is 0.299. The second-order valence-electron chi connectivity index (χ2n) is 3.01. The van der Waals surface area contributed by atoms with Crippen molar-refractivity contribution in [1.29, 1.82) is 5.41 Å². The predicted molar refractivity (Wildman–Crippen MR) is 44.5 cm³/mol. The molecule has 0 aromatic carbocycles. The topological polar surface area (TPSA) is 36.2 Å². The van der Waals surface area contributed by atoms with Gasteiger partial charge >= 0.3 is 0 Å². The summed E-state index contributed by atoms with van der Waals surface area (Å²) in [5.41, 5.74) is -0.0585. The van der Waals surface area contributed by atoms with E-state index in [1.165, 1.54) is 0 Å². The molecule has 0 aromatic rings. The largest absolute Gasteiger partial charge is 0.275 e. The summed E-state index contributed by atoms with van der Waals surface area (Å²) in [6.07, 6.45) is 0. The van der Waals surface area contributed by atoms with Crippen LogP contribution in [0.15, 0.2) is 4.99 Å². The summed E-state index contributed by atoms with van der Waals surface area (Å²) in [6.45, 7) is 9.13. The first kappa shape index (κ1) is 8.90. The van der Waals surface area contributed by atoms with Crippen LogP contribution < -0.4 is 0 Å². The Morgan fingerprint density at radius 1 is 1.50 bits per heavy atom. The molecule has 0 aromatic heterocycles. The summed E-state index contributed by atoms with van der Waals surface area (Å²) < 4.78 is 0. The van der Waals surface area contributed by atoms with Gasteiger partial charge in [-0.05, 0) is 33.4 Å². The van der Waals surface area contributed by atoms with Crippen molar-refractivity contribution in [3.63, 3.8) is 0 Å². The highest BCUT2D eigenvalue weighted by atomic mass is 14.8.